The molecule has 0 aliphatic carbocycles. The van der Waals surface area contributed by atoms with Crippen molar-refractivity contribution in [3.8, 4) is 0 Å². The number of nitrogens with zero attached hydrogens (tertiary/aromatic N) is 6. The van der Waals surface area contributed by atoms with Gasteiger partial charge in [-0.1, -0.05) is 12.1 Å². The number of aliphatic hydroxyl groups excluding tert-OH is 1. The van der Waals surface area contributed by atoms with E-state index in [0.717, 1.165) is 42.9 Å². The minimum Gasteiger partial charge on any atom is -0.390 e. The standard InChI is InChI=1S/C21H27FN6O3/c1-24-19-18(20(30)25(2)21(24)31)28(14-23-19)13-17(29)12-27-9-7-26(8-10-27)11-15-3-5-16(22)6-4-15/h3-6,14,17,29H,7-13H2,1-2H3. The number of piperazine rings is 1. The van der Waals surface area contributed by atoms with Crippen molar-refractivity contribution in [2.24, 2.45) is 14.1 Å². The smallest absolute Gasteiger partial charge is 0.332 e. The molecule has 3 heterocycles. The summed E-state index contributed by atoms with van der Waals surface area (Å²) >= 11 is 0. The molecule has 4 rings (SSSR count). The molecule has 1 aliphatic heterocycles. The molecule has 1 saturated heterocycles. The molecule has 0 saturated carbocycles. The number of hydrogen-bond donors (Lipinski definition) is 1. The molecular weight excluding hydrogens is 403 g/mol. The first-order valence-electron chi connectivity index (χ1n) is 10.3. The zero-order valence-corrected chi connectivity index (χ0v) is 17.7. The highest BCUT2D eigenvalue weighted by Gasteiger charge is 2.21. The first kappa shape index (κ1) is 21.4. The third kappa shape index (κ3) is 4.46. The number of fused-ring (bicyclic) bond motifs is 1. The number of imidazole rings is 1. The van der Waals surface area contributed by atoms with E-state index in [1.807, 2.05) is 0 Å². The molecule has 1 atom stereocenters. The Labute approximate surface area is 178 Å². The lowest BCUT2D eigenvalue weighted by Gasteiger charge is -2.35. The van der Waals surface area contributed by atoms with E-state index in [1.54, 1.807) is 23.7 Å². The van der Waals surface area contributed by atoms with E-state index >= 15 is 0 Å². The maximum atomic E-state index is 13.1. The van der Waals surface area contributed by atoms with Crippen molar-refractivity contribution in [1.29, 1.82) is 0 Å². The summed E-state index contributed by atoms with van der Waals surface area (Å²) in [6.45, 7) is 4.84. The Bertz CT molecular complexity index is 1170. The number of hydrogen-bond acceptors (Lipinski definition) is 6. The molecule has 166 valence electrons. The fraction of sp³-hybridized carbons (Fsp3) is 0.476. The second-order valence-corrected chi connectivity index (χ2v) is 8.13. The third-order valence-electron chi connectivity index (χ3n) is 5.88. The summed E-state index contributed by atoms with van der Waals surface area (Å²) in [4.78, 5) is 33.3. The van der Waals surface area contributed by atoms with Crippen LogP contribution >= 0.6 is 0 Å². The van der Waals surface area contributed by atoms with Gasteiger partial charge in [0.1, 0.15) is 5.82 Å². The Balaban J connectivity index is 1.35. The lowest BCUT2D eigenvalue weighted by atomic mass is 10.2. The molecule has 1 unspecified atom stereocenters. The van der Waals surface area contributed by atoms with Gasteiger partial charge in [-0.25, -0.2) is 14.2 Å². The van der Waals surface area contributed by atoms with Gasteiger partial charge in [0, 0.05) is 53.4 Å². The number of β-amino-alcohol motifs (C(OH)–C–C–N with tert-alkyl or cyclic N) is 1. The van der Waals surface area contributed by atoms with E-state index in [2.05, 4.69) is 14.8 Å². The number of aryl methyl sites for hydroxylation is 1. The van der Waals surface area contributed by atoms with Crippen LogP contribution in [0.1, 0.15) is 5.56 Å². The second-order valence-electron chi connectivity index (χ2n) is 8.13. The van der Waals surface area contributed by atoms with Crippen LogP contribution in [0, 0.1) is 5.82 Å². The van der Waals surface area contributed by atoms with Gasteiger partial charge in [0.15, 0.2) is 11.2 Å². The number of rotatable bonds is 6. The van der Waals surface area contributed by atoms with Crippen molar-refractivity contribution in [1.82, 2.24) is 28.5 Å². The molecule has 1 N–H and O–H groups in total. The number of halogens is 1. The van der Waals surface area contributed by atoms with Crippen molar-refractivity contribution in [2.75, 3.05) is 32.7 Å². The summed E-state index contributed by atoms with van der Waals surface area (Å²) in [6.07, 6.45) is 0.818. The average Bonchev–Trinajstić information content (AvgIpc) is 3.17. The molecule has 0 amide bonds. The van der Waals surface area contributed by atoms with Crippen molar-refractivity contribution < 1.29 is 9.50 Å². The summed E-state index contributed by atoms with van der Waals surface area (Å²) in [5, 5.41) is 10.6. The summed E-state index contributed by atoms with van der Waals surface area (Å²) in [7, 11) is 3.01. The first-order chi connectivity index (χ1) is 14.8. The maximum Gasteiger partial charge on any atom is 0.332 e. The molecule has 0 radical (unpaired) electrons. The zero-order valence-electron chi connectivity index (χ0n) is 17.7. The molecular formula is C21H27FN6O3. The normalized spacial score (nSPS) is 16.8. The minimum atomic E-state index is -0.678. The van der Waals surface area contributed by atoms with Gasteiger partial charge < -0.3 is 9.67 Å². The quantitative estimate of drug-likeness (QED) is 0.580. The van der Waals surface area contributed by atoms with Gasteiger partial charge in [0.25, 0.3) is 5.56 Å². The van der Waals surface area contributed by atoms with Crippen LogP contribution in [0.3, 0.4) is 0 Å². The molecule has 0 spiro atoms. The largest absolute Gasteiger partial charge is 0.390 e. The van der Waals surface area contributed by atoms with Gasteiger partial charge in [-0.15, -0.1) is 0 Å². The Morgan fingerprint density at radius 2 is 1.65 bits per heavy atom. The van der Waals surface area contributed by atoms with Crippen molar-refractivity contribution >= 4 is 11.2 Å². The van der Waals surface area contributed by atoms with Gasteiger partial charge in [0.05, 0.1) is 19.0 Å². The summed E-state index contributed by atoms with van der Waals surface area (Å²) < 4.78 is 17.1. The van der Waals surface area contributed by atoms with Gasteiger partial charge >= 0.3 is 5.69 Å². The molecule has 1 fully saturated rings. The van der Waals surface area contributed by atoms with Gasteiger partial charge in [-0.05, 0) is 17.7 Å². The molecule has 1 aromatic carbocycles. The van der Waals surface area contributed by atoms with E-state index in [4.69, 9.17) is 0 Å². The molecule has 2 aromatic heterocycles. The average molecular weight is 430 g/mol. The van der Waals surface area contributed by atoms with Crippen LogP contribution in [-0.2, 0) is 27.2 Å². The van der Waals surface area contributed by atoms with E-state index in [0.29, 0.717) is 17.7 Å². The van der Waals surface area contributed by atoms with Crippen LogP contribution in [0.2, 0.25) is 0 Å². The Kier molecular flexibility index (Phi) is 6.03. The summed E-state index contributed by atoms with van der Waals surface area (Å²) in [5.41, 5.74) is 0.860. The fourth-order valence-corrected chi connectivity index (χ4v) is 4.10. The molecule has 9 nitrogen and oxygen atoms in total. The van der Waals surface area contributed by atoms with Crippen LogP contribution in [0.25, 0.3) is 11.2 Å². The topological polar surface area (TPSA) is 88.5 Å². The van der Waals surface area contributed by atoms with Crippen molar-refractivity contribution in [3.63, 3.8) is 0 Å². The summed E-state index contributed by atoms with van der Waals surface area (Å²) in [6, 6.07) is 6.57. The highest BCUT2D eigenvalue weighted by molar-refractivity contribution is 5.69. The van der Waals surface area contributed by atoms with Gasteiger partial charge in [0.2, 0.25) is 0 Å². The predicted molar refractivity (Wildman–Crippen MR) is 114 cm³/mol. The van der Waals surface area contributed by atoms with Crippen LogP contribution < -0.4 is 11.2 Å². The highest BCUT2D eigenvalue weighted by atomic mass is 19.1. The second kappa shape index (κ2) is 8.74. The predicted octanol–water partition coefficient (Wildman–Crippen LogP) is -0.248. The maximum absolute atomic E-state index is 13.1. The molecule has 10 heteroatoms. The Morgan fingerprint density at radius 3 is 2.32 bits per heavy atom. The van der Waals surface area contributed by atoms with Crippen molar-refractivity contribution in [3.05, 3.63) is 62.8 Å². The minimum absolute atomic E-state index is 0.222. The number of benzene rings is 1. The zero-order chi connectivity index (χ0) is 22.1. The van der Waals surface area contributed by atoms with E-state index < -0.39 is 17.4 Å². The Morgan fingerprint density at radius 1 is 1.00 bits per heavy atom. The third-order valence-corrected chi connectivity index (χ3v) is 5.88. The Hall–Kier alpha value is -2.82. The molecule has 0 bridgehead atoms. The van der Waals surface area contributed by atoms with Crippen LogP contribution in [0.15, 0.2) is 40.2 Å². The van der Waals surface area contributed by atoms with E-state index in [1.165, 1.54) is 30.1 Å². The van der Waals surface area contributed by atoms with Crippen LogP contribution in [0.4, 0.5) is 4.39 Å². The molecule has 3 aromatic rings. The first-order valence-corrected chi connectivity index (χ1v) is 10.3. The highest BCUT2D eigenvalue weighted by Crippen LogP contribution is 2.11. The van der Waals surface area contributed by atoms with E-state index in [-0.39, 0.29) is 12.4 Å². The van der Waals surface area contributed by atoms with Crippen LogP contribution in [-0.4, -0.2) is 72.4 Å². The van der Waals surface area contributed by atoms with Crippen molar-refractivity contribution in [2.45, 2.75) is 19.2 Å². The van der Waals surface area contributed by atoms with E-state index in [9.17, 15) is 19.1 Å². The lowest BCUT2D eigenvalue weighted by Crippen LogP contribution is -2.48. The number of aliphatic hydroxyl groups is 1. The van der Waals surface area contributed by atoms with Gasteiger partial charge in [-0.2, -0.15) is 0 Å². The fourth-order valence-electron chi connectivity index (χ4n) is 4.10. The number of aromatic nitrogens is 4. The molecule has 31 heavy (non-hydrogen) atoms. The summed E-state index contributed by atoms with van der Waals surface area (Å²) in [5.74, 6) is -0.228. The monoisotopic (exact) mass is 430 g/mol. The van der Waals surface area contributed by atoms with Gasteiger partial charge in [-0.3, -0.25) is 23.7 Å². The SMILES string of the molecule is Cn1c(=O)c2c(ncn2CC(O)CN2CCN(Cc3ccc(F)cc3)CC2)n(C)c1=O. The molecule has 1 aliphatic rings. The lowest BCUT2D eigenvalue weighted by molar-refractivity contribution is 0.0627. The van der Waals surface area contributed by atoms with Crippen LogP contribution in [0.5, 0.6) is 0 Å².